The number of nitrogens with two attached hydrogens (primary N) is 1. The van der Waals surface area contributed by atoms with Crippen LogP contribution in [0.1, 0.15) is 169 Å². The smallest absolute Gasteiger partial charge is 0.246 e. The maximum absolute atomic E-state index is 15.3. The van der Waals surface area contributed by atoms with Crippen LogP contribution in [0.25, 0.3) is 0 Å². The highest BCUT2D eigenvalue weighted by Crippen LogP contribution is 2.28. The highest BCUT2D eigenvalue weighted by atomic mass is 16.3. The Labute approximate surface area is 538 Å². The van der Waals surface area contributed by atoms with Crippen LogP contribution in [0.2, 0.25) is 0 Å². The van der Waals surface area contributed by atoms with E-state index < -0.39 is 162 Å². The second kappa shape index (κ2) is 37.9. The Kier molecular flexibility index (Phi) is 34.5. The lowest BCUT2D eigenvalue weighted by Gasteiger charge is -2.41. The minimum Gasteiger partial charge on any atom is -0.390 e. The lowest BCUT2D eigenvalue weighted by atomic mass is 9.85. The lowest BCUT2D eigenvalue weighted by molar-refractivity contribution is -0.157. The fourth-order valence-electron chi connectivity index (χ4n) is 11.5. The Hall–Kier alpha value is -6.24. The van der Waals surface area contributed by atoms with Crippen molar-refractivity contribution in [2.24, 2.45) is 53.1 Å². The van der Waals surface area contributed by atoms with Gasteiger partial charge in [-0.05, 0) is 100 Å². The van der Waals surface area contributed by atoms with Crippen molar-refractivity contribution in [2.75, 3.05) is 69.0 Å². The number of hydrogen-bond donors (Lipinski definition) is 6. The molecule has 0 radical (unpaired) electrons. The van der Waals surface area contributed by atoms with Gasteiger partial charge < -0.3 is 66.4 Å². The number of aliphatic hydroxyl groups is 1. The van der Waals surface area contributed by atoms with Crippen LogP contribution >= 0.6 is 0 Å². The van der Waals surface area contributed by atoms with E-state index in [1.54, 1.807) is 41.5 Å². The lowest BCUT2D eigenvalue weighted by Crippen LogP contribution is -2.62. The van der Waals surface area contributed by atoms with Crippen molar-refractivity contribution in [3.05, 3.63) is 0 Å². The summed E-state index contributed by atoms with van der Waals surface area (Å²) in [6.45, 7) is 28.0. The molecule has 0 bridgehead atoms. The molecule has 0 aromatic rings. The molecule has 1 aliphatic rings. The molecule has 25 nitrogen and oxygen atoms in total. The molecular weight excluding hydrogens is 1160 g/mol. The van der Waals surface area contributed by atoms with Crippen LogP contribution in [0.15, 0.2) is 0 Å². The van der Waals surface area contributed by atoms with E-state index >= 15 is 19.2 Å². The zero-order chi connectivity index (χ0) is 69.7. The molecule has 1 heterocycles. The average Bonchev–Trinajstić information content (AvgIpc) is 1.04. The van der Waals surface area contributed by atoms with Gasteiger partial charge in [-0.15, -0.1) is 0 Å². The quantitative estimate of drug-likeness (QED) is 0.108. The summed E-state index contributed by atoms with van der Waals surface area (Å²) in [6.07, 6.45) is -0.743. The van der Waals surface area contributed by atoms with Gasteiger partial charge in [0, 0.05) is 81.2 Å². The van der Waals surface area contributed by atoms with E-state index in [1.807, 2.05) is 55.4 Å². The minimum absolute atomic E-state index is 0.0913. The van der Waals surface area contributed by atoms with Crippen LogP contribution in [-0.2, 0) is 57.5 Å². The van der Waals surface area contributed by atoms with Gasteiger partial charge in [0.15, 0.2) is 5.78 Å². The summed E-state index contributed by atoms with van der Waals surface area (Å²) in [4.78, 5) is 182. The molecule has 0 aromatic heterocycles. The highest BCUT2D eigenvalue weighted by molar-refractivity contribution is 5.99. The zero-order valence-electron chi connectivity index (χ0n) is 58.9. The van der Waals surface area contributed by atoms with Gasteiger partial charge in [0.05, 0.1) is 12.6 Å². The van der Waals surface area contributed by atoms with Gasteiger partial charge in [-0.25, -0.2) is 0 Å². The van der Waals surface area contributed by atoms with Crippen molar-refractivity contribution >= 4 is 70.8 Å². The summed E-state index contributed by atoms with van der Waals surface area (Å²) in [7, 11) is 9.91. The Morgan fingerprint density at radius 1 is 0.533 bits per heavy atom. The second-order valence-corrected chi connectivity index (χ2v) is 27.6. The largest absolute Gasteiger partial charge is 0.390 e. The van der Waals surface area contributed by atoms with Crippen LogP contribution < -0.4 is 27.0 Å². The van der Waals surface area contributed by atoms with Gasteiger partial charge in [-0.2, -0.15) is 0 Å². The Morgan fingerprint density at radius 3 is 1.43 bits per heavy atom. The summed E-state index contributed by atoms with van der Waals surface area (Å²) in [6, 6.07) is -11.2. The molecule has 1 fully saturated rings. The van der Waals surface area contributed by atoms with E-state index in [4.69, 9.17) is 5.73 Å². The first-order chi connectivity index (χ1) is 41.6. The van der Waals surface area contributed by atoms with E-state index in [2.05, 4.69) is 21.3 Å². The summed E-state index contributed by atoms with van der Waals surface area (Å²) in [5, 5.41) is 23.3. The summed E-state index contributed by atoms with van der Waals surface area (Å²) < 4.78 is 0. The molecule has 1 rings (SSSR count). The number of rotatable bonds is 19. The van der Waals surface area contributed by atoms with E-state index in [0.717, 1.165) is 9.80 Å². The number of ketones is 1. The molecule has 516 valence electrons. The van der Waals surface area contributed by atoms with Crippen molar-refractivity contribution in [1.29, 1.82) is 0 Å². The van der Waals surface area contributed by atoms with Crippen LogP contribution in [0.4, 0.5) is 0 Å². The predicted molar refractivity (Wildman–Crippen MR) is 346 cm³/mol. The molecule has 1 saturated heterocycles. The summed E-state index contributed by atoms with van der Waals surface area (Å²) in [5.74, 6) is -11.0. The van der Waals surface area contributed by atoms with Crippen molar-refractivity contribution in [3.63, 3.8) is 0 Å². The molecule has 90 heavy (non-hydrogen) atoms. The minimum atomic E-state index is -1.59. The van der Waals surface area contributed by atoms with Gasteiger partial charge in [0.2, 0.25) is 65.0 Å². The van der Waals surface area contributed by atoms with E-state index in [0.29, 0.717) is 6.42 Å². The first kappa shape index (κ1) is 81.8. The monoisotopic (exact) mass is 1270 g/mol. The molecule has 25 heteroatoms. The Morgan fingerprint density at radius 2 is 0.967 bits per heavy atom. The molecule has 7 N–H and O–H groups in total. The first-order valence-corrected chi connectivity index (χ1v) is 32.5. The summed E-state index contributed by atoms with van der Waals surface area (Å²) in [5.41, 5.74) is 5.57. The highest BCUT2D eigenvalue weighted by Gasteiger charge is 2.46. The molecule has 12 atom stereocenters. The number of Topliss-reactive ketones (excluding diaryl/α,β-unsaturated/α-hetero) is 1. The molecule has 1 aliphatic heterocycles. The molecule has 0 spiro atoms. The van der Waals surface area contributed by atoms with Crippen molar-refractivity contribution in [1.82, 2.24) is 55.6 Å². The first-order valence-electron chi connectivity index (χ1n) is 32.5. The molecule has 0 aliphatic carbocycles. The number of amides is 11. The maximum atomic E-state index is 15.3. The number of nitrogens with zero attached hydrogens (tertiary/aromatic N) is 7. The number of nitrogens with one attached hydrogen (secondary N) is 4. The van der Waals surface area contributed by atoms with E-state index in [9.17, 15) is 43.5 Å². The molecule has 11 amide bonds. The van der Waals surface area contributed by atoms with Crippen LogP contribution in [0, 0.1) is 47.3 Å². The molecule has 0 unspecified atom stereocenters. The van der Waals surface area contributed by atoms with Crippen molar-refractivity contribution in [3.8, 4) is 0 Å². The third-order valence-corrected chi connectivity index (χ3v) is 17.2. The molecule has 0 saturated carbocycles. The SMILES string of the molecule is CC[C@@H]1CC(=O)[C@H]([C@H](O)[C@H](C)CCCC(=O)NCCN)N(C)C(=O)[C@H](C(C)C)N(C)C(=O)[C@H](CC(C)C)N(C)C(=O)[C@H](CC(C)C)N(C)C(=O)[C@@H](C)NC(=O)[C@H](C)NC(=O)[C@H](CC(C)C)N(C)C(=O)[C@H](C(C)C)NC(=O)[C@H](CC(C)C)N(C)C(=O)CN(C)C1=O. The average molecular weight is 1280 g/mol. The van der Waals surface area contributed by atoms with E-state index in [-0.39, 0.29) is 87.6 Å². The summed E-state index contributed by atoms with van der Waals surface area (Å²) >= 11 is 0. The third-order valence-electron chi connectivity index (χ3n) is 17.2. The zero-order valence-corrected chi connectivity index (χ0v) is 58.9. The van der Waals surface area contributed by atoms with Crippen LogP contribution in [-0.4, -0.2) is 240 Å². The van der Waals surface area contributed by atoms with Crippen molar-refractivity contribution in [2.45, 2.75) is 229 Å². The predicted octanol–water partition coefficient (Wildman–Crippen LogP) is 2.64. The number of likely N-dealkylation sites (N-methyl/N-ethyl adjacent to an activating group) is 7. The fraction of sp³-hybridized carbons (Fsp3) is 0.815. The third kappa shape index (κ3) is 23.8. The van der Waals surface area contributed by atoms with Crippen LogP contribution in [0.5, 0.6) is 0 Å². The van der Waals surface area contributed by atoms with E-state index in [1.165, 1.54) is 87.7 Å². The fourth-order valence-corrected chi connectivity index (χ4v) is 11.5. The Balaban J connectivity index is 4.34. The van der Waals surface area contributed by atoms with Crippen molar-refractivity contribution < 1.29 is 62.6 Å². The van der Waals surface area contributed by atoms with Gasteiger partial charge in [-0.1, -0.05) is 96.9 Å². The number of carbonyl (C=O) groups excluding carboxylic acids is 12. The van der Waals surface area contributed by atoms with Gasteiger partial charge in [0.25, 0.3) is 0 Å². The molecular formula is C65H118N12O13. The molecule has 0 aromatic carbocycles. The van der Waals surface area contributed by atoms with Gasteiger partial charge >= 0.3 is 0 Å². The van der Waals surface area contributed by atoms with Crippen LogP contribution in [0.3, 0.4) is 0 Å². The Bertz CT molecular complexity index is 2440. The number of carbonyl (C=O) groups is 12. The maximum Gasteiger partial charge on any atom is 0.246 e. The number of hydrogen-bond acceptors (Lipinski definition) is 14. The normalized spacial score (nSPS) is 26.0. The number of aliphatic hydroxyl groups excluding tert-OH is 1. The topological polar surface area (TPSA) is 322 Å². The van der Waals surface area contributed by atoms with Gasteiger partial charge in [-0.3, -0.25) is 57.5 Å². The van der Waals surface area contributed by atoms with Gasteiger partial charge in [0.1, 0.15) is 54.4 Å². The standard InChI is InChI=1S/C65H118N12O13/c1-24-45-34-50(78)55(56(81)42(14)26-25-27-51(79)67-29-28-66)77(23)65(90)54(41(12)13)76(22)63(88)49(33-39(8)9)75(21)62(87)48(32-38(6)7)74(20)60(85)44(16)69-57(82)43(15)68-58(83)47(31-37(4)5)73(19)64(89)53(40(10)11)70-59(84)46(30-36(2)3)72(18)52(80)35-71(17)61(45)86/h36-49,53-56,81H,24-35,66H2,1-23H3,(H,67,79)(H,68,83)(H,69,82)(H,70,84)/t42-,43+,44-,45-,46+,47+,48+,49+,53+,54+,55-,56-/m1/s1. The second-order valence-electron chi connectivity index (χ2n) is 27.6.